The van der Waals surface area contributed by atoms with E-state index in [4.69, 9.17) is 9.47 Å². The molecule has 0 saturated carbocycles. The van der Waals surface area contributed by atoms with Gasteiger partial charge in [-0.25, -0.2) is 0 Å². The van der Waals surface area contributed by atoms with Gasteiger partial charge in [0.05, 0.1) is 12.7 Å². The Hall–Kier alpha value is -1.06. The zero-order valence-corrected chi connectivity index (χ0v) is 11.6. The van der Waals surface area contributed by atoms with Crippen LogP contribution < -0.4 is 4.74 Å². The molecule has 0 bridgehead atoms. The van der Waals surface area contributed by atoms with Crippen LogP contribution in [0.2, 0.25) is 0 Å². The van der Waals surface area contributed by atoms with E-state index >= 15 is 0 Å². The molecule has 3 nitrogen and oxygen atoms in total. The second-order valence-electron chi connectivity index (χ2n) is 4.70. The minimum absolute atomic E-state index is 0.323. The van der Waals surface area contributed by atoms with Gasteiger partial charge in [0.1, 0.15) is 5.75 Å². The molecule has 18 heavy (non-hydrogen) atoms. The highest BCUT2D eigenvalue weighted by Crippen LogP contribution is 2.29. The van der Waals surface area contributed by atoms with Crippen LogP contribution >= 0.6 is 0 Å². The van der Waals surface area contributed by atoms with Gasteiger partial charge >= 0.3 is 0 Å². The van der Waals surface area contributed by atoms with E-state index in [1.807, 2.05) is 24.3 Å². The quantitative estimate of drug-likeness (QED) is 0.772. The summed E-state index contributed by atoms with van der Waals surface area (Å²) in [6, 6.07) is 7.70. The molecule has 1 aromatic rings. The minimum atomic E-state index is -0.497. The molecule has 0 fully saturated rings. The molecule has 1 N–H and O–H groups in total. The van der Waals surface area contributed by atoms with Crippen LogP contribution in [0.15, 0.2) is 24.3 Å². The molecule has 0 heterocycles. The van der Waals surface area contributed by atoms with Crippen molar-refractivity contribution in [2.45, 2.75) is 32.8 Å². The van der Waals surface area contributed by atoms with Gasteiger partial charge in [0.15, 0.2) is 0 Å². The third-order valence-corrected chi connectivity index (χ3v) is 2.82. The summed E-state index contributed by atoms with van der Waals surface area (Å²) in [6.07, 6.45) is 1.15. The fraction of sp³-hybridized carbons (Fsp3) is 0.600. The van der Waals surface area contributed by atoms with Crippen LogP contribution in [-0.4, -0.2) is 25.4 Å². The molecule has 0 radical (unpaired) electrons. The standard InChI is InChI=1S/C15H24O3/c1-4-9-18-15-8-6-5-7-13(15)14(16)10-12(2)11-17-3/h5-8,12,14,16H,4,9-11H2,1-3H3. The van der Waals surface area contributed by atoms with Crippen LogP contribution in [0.1, 0.15) is 38.4 Å². The Labute approximate surface area is 110 Å². The molecule has 0 aliphatic rings. The molecule has 2 unspecified atom stereocenters. The van der Waals surface area contributed by atoms with Gasteiger partial charge in [0.2, 0.25) is 0 Å². The van der Waals surface area contributed by atoms with Gasteiger partial charge in [-0.3, -0.25) is 0 Å². The number of benzene rings is 1. The largest absolute Gasteiger partial charge is 0.493 e. The Morgan fingerprint density at radius 3 is 2.67 bits per heavy atom. The smallest absolute Gasteiger partial charge is 0.125 e. The average Bonchev–Trinajstić information content (AvgIpc) is 2.36. The number of hydrogen-bond acceptors (Lipinski definition) is 3. The predicted octanol–water partition coefficient (Wildman–Crippen LogP) is 3.18. The van der Waals surface area contributed by atoms with Crippen molar-refractivity contribution in [2.75, 3.05) is 20.3 Å². The van der Waals surface area contributed by atoms with E-state index in [-0.39, 0.29) is 0 Å². The number of para-hydroxylation sites is 1. The predicted molar refractivity (Wildman–Crippen MR) is 72.8 cm³/mol. The monoisotopic (exact) mass is 252 g/mol. The number of rotatable bonds is 8. The maximum absolute atomic E-state index is 10.3. The highest BCUT2D eigenvalue weighted by Gasteiger charge is 2.16. The topological polar surface area (TPSA) is 38.7 Å². The Balaban J connectivity index is 2.68. The van der Waals surface area contributed by atoms with Crippen molar-refractivity contribution >= 4 is 0 Å². The van der Waals surface area contributed by atoms with E-state index < -0.39 is 6.10 Å². The zero-order valence-electron chi connectivity index (χ0n) is 11.6. The lowest BCUT2D eigenvalue weighted by Crippen LogP contribution is -2.11. The third kappa shape index (κ3) is 4.67. The van der Waals surface area contributed by atoms with E-state index in [2.05, 4.69) is 13.8 Å². The summed E-state index contributed by atoms with van der Waals surface area (Å²) in [5, 5.41) is 10.3. The van der Waals surface area contributed by atoms with Crippen LogP contribution in [0.5, 0.6) is 5.75 Å². The SMILES string of the molecule is CCCOc1ccccc1C(O)CC(C)COC. The molecule has 0 amide bonds. The maximum atomic E-state index is 10.3. The molecule has 1 aromatic carbocycles. The molecule has 0 aromatic heterocycles. The summed E-state index contributed by atoms with van der Waals surface area (Å²) >= 11 is 0. The second kappa shape index (κ2) is 8.11. The summed E-state index contributed by atoms with van der Waals surface area (Å²) < 4.78 is 10.8. The van der Waals surface area contributed by atoms with Crippen LogP contribution in [-0.2, 0) is 4.74 Å². The van der Waals surface area contributed by atoms with Gasteiger partial charge in [-0.15, -0.1) is 0 Å². The maximum Gasteiger partial charge on any atom is 0.125 e. The Morgan fingerprint density at radius 2 is 2.00 bits per heavy atom. The molecule has 1 rings (SSSR count). The summed E-state index contributed by atoms with van der Waals surface area (Å²) in [6.45, 7) is 5.48. The van der Waals surface area contributed by atoms with Gasteiger partial charge in [0, 0.05) is 19.3 Å². The molecule has 0 spiro atoms. The molecule has 3 heteroatoms. The van der Waals surface area contributed by atoms with Crippen molar-refractivity contribution in [3.63, 3.8) is 0 Å². The molecular formula is C15H24O3. The lowest BCUT2D eigenvalue weighted by molar-refractivity contribution is 0.0996. The van der Waals surface area contributed by atoms with Gasteiger partial charge in [-0.2, -0.15) is 0 Å². The van der Waals surface area contributed by atoms with E-state index in [0.717, 1.165) is 17.7 Å². The molecule has 102 valence electrons. The van der Waals surface area contributed by atoms with E-state index in [0.29, 0.717) is 25.6 Å². The van der Waals surface area contributed by atoms with E-state index in [9.17, 15) is 5.11 Å². The first-order chi connectivity index (χ1) is 8.69. The van der Waals surface area contributed by atoms with Crippen LogP contribution in [0.3, 0.4) is 0 Å². The van der Waals surface area contributed by atoms with Crippen LogP contribution in [0.4, 0.5) is 0 Å². The van der Waals surface area contributed by atoms with Gasteiger partial charge in [-0.1, -0.05) is 32.0 Å². The lowest BCUT2D eigenvalue weighted by Gasteiger charge is -2.19. The Morgan fingerprint density at radius 1 is 1.28 bits per heavy atom. The molecule has 0 saturated heterocycles. The average molecular weight is 252 g/mol. The van der Waals surface area contributed by atoms with Crippen molar-refractivity contribution in [1.82, 2.24) is 0 Å². The zero-order chi connectivity index (χ0) is 13.4. The van der Waals surface area contributed by atoms with Crippen LogP contribution in [0.25, 0.3) is 0 Å². The molecule has 0 aliphatic carbocycles. The summed E-state index contributed by atoms with van der Waals surface area (Å²) in [5.41, 5.74) is 0.869. The highest BCUT2D eigenvalue weighted by molar-refractivity contribution is 5.35. The fourth-order valence-electron chi connectivity index (χ4n) is 1.96. The summed E-state index contributed by atoms with van der Waals surface area (Å²) in [5.74, 6) is 1.11. The fourth-order valence-corrected chi connectivity index (χ4v) is 1.96. The van der Waals surface area contributed by atoms with E-state index in [1.165, 1.54) is 0 Å². The van der Waals surface area contributed by atoms with Crippen molar-refractivity contribution in [2.24, 2.45) is 5.92 Å². The number of aliphatic hydroxyl groups is 1. The number of methoxy groups -OCH3 is 1. The summed E-state index contributed by atoms with van der Waals surface area (Å²) in [4.78, 5) is 0. The number of ether oxygens (including phenoxy) is 2. The van der Waals surface area contributed by atoms with Crippen LogP contribution in [0, 0.1) is 5.92 Å². The van der Waals surface area contributed by atoms with Crippen molar-refractivity contribution in [3.05, 3.63) is 29.8 Å². The Kier molecular flexibility index (Phi) is 6.76. The van der Waals surface area contributed by atoms with Crippen molar-refractivity contribution < 1.29 is 14.6 Å². The van der Waals surface area contributed by atoms with Gasteiger partial charge in [-0.05, 0) is 24.8 Å². The normalized spacial score (nSPS) is 14.2. The lowest BCUT2D eigenvalue weighted by atomic mass is 9.98. The first kappa shape index (κ1) is 15.0. The van der Waals surface area contributed by atoms with E-state index in [1.54, 1.807) is 7.11 Å². The molecule has 2 atom stereocenters. The number of aliphatic hydroxyl groups excluding tert-OH is 1. The first-order valence-corrected chi connectivity index (χ1v) is 6.57. The minimum Gasteiger partial charge on any atom is -0.493 e. The van der Waals surface area contributed by atoms with Crippen molar-refractivity contribution in [3.8, 4) is 5.75 Å². The first-order valence-electron chi connectivity index (χ1n) is 6.57. The second-order valence-corrected chi connectivity index (χ2v) is 4.70. The number of hydrogen-bond donors (Lipinski definition) is 1. The highest BCUT2D eigenvalue weighted by atomic mass is 16.5. The van der Waals surface area contributed by atoms with Gasteiger partial charge < -0.3 is 14.6 Å². The van der Waals surface area contributed by atoms with Gasteiger partial charge in [0.25, 0.3) is 0 Å². The molecule has 0 aliphatic heterocycles. The molecular weight excluding hydrogens is 228 g/mol. The Bertz CT molecular complexity index is 338. The van der Waals surface area contributed by atoms with Crippen molar-refractivity contribution in [1.29, 1.82) is 0 Å². The third-order valence-electron chi connectivity index (χ3n) is 2.82. The summed E-state index contributed by atoms with van der Waals surface area (Å²) in [7, 11) is 1.68.